The summed E-state index contributed by atoms with van der Waals surface area (Å²) in [7, 11) is 0. The average molecular weight is 1290 g/mol. The molecule has 31 atom stereocenters. The largest absolute Gasteiger partial charge is 0.479 e. The molecule has 9 rings (SSSR count). The Morgan fingerprint density at radius 3 is 1.88 bits per heavy atom. The van der Waals surface area contributed by atoms with Gasteiger partial charge >= 0.3 is 17.9 Å². The lowest BCUT2D eigenvalue weighted by molar-refractivity contribution is -0.405. The Balaban J connectivity index is 1.05. The molecule has 90 heavy (non-hydrogen) atoms. The zero-order valence-electron chi connectivity index (χ0n) is 53.3. The molecule has 514 valence electrons. The van der Waals surface area contributed by atoms with Crippen LogP contribution in [0.1, 0.15) is 128 Å². The zero-order chi connectivity index (χ0) is 66.4. The van der Waals surface area contributed by atoms with E-state index in [1.54, 1.807) is 26.8 Å². The third-order valence-corrected chi connectivity index (χ3v) is 23.6. The maximum Gasteiger partial charge on any atom is 0.335 e. The van der Waals surface area contributed by atoms with Gasteiger partial charge in [-0.25, -0.2) is 9.59 Å². The number of rotatable bonds is 17. The van der Waals surface area contributed by atoms with E-state index in [-0.39, 0.29) is 18.3 Å². The van der Waals surface area contributed by atoms with Crippen molar-refractivity contribution in [3.05, 3.63) is 23.3 Å². The van der Waals surface area contributed by atoms with Crippen LogP contribution in [0.2, 0.25) is 0 Å². The van der Waals surface area contributed by atoms with Crippen molar-refractivity contribution >= 4 is 17.9 Å². The van der Waals surface area contributed by atoms with Crippen LogP contribution in [0, 0.1) is 56.2 Å². The lowest BCUT2D eigenvalue weighted by Crippen LogP contribution is -2.72. The summed E-state index contributed by atoms with van der Waals surface area (Å²) in [6.45, 7) is 18.7. The van der Waals surface area contributed by atoms with Crippen molar-refractivity contribution in [3.63, 3.8) is 0 Å². The molecule has 4 saturated carbocycles. The van der Waals surface area contributed by atoms with Gasteiger partial charge in [-0.05, 0) is 105 Å². The second kappa shape index (κ2) is 26.6. The molecule has 27 nitrogen and oxygen atoms in total. The van der Waals surface area contributed by atoms with Crippen LogP contribution in [0.4, 0.5) is 0 Å². The fourth-order valence-electron chi connectivity index (χ4n) is 17.6. The van der Waals surface area contributed by atoms with Crippen molar-refractivity contribution in [2.24, 2.45) is 56.2 Å². The quantitative estimate of drug-likeness (QED) is 0.0367. The van der Waals surface area contributed by atoms with Crippen LogP contribution >= 0.6 is 0 Å². The summed E-state index contributed by atoms with van der Waals surface area (Å²) >= 11 is 0. The number of carbonyl (C=O) groups is 3. The number of aliphatic carboxylic acids is 1. The van der Waals surface area contributed by atoms with E-state index in [9.17, 15) is 85.9 Å². The first-order valence-corrected chi connectivity index (χ1v) is 31.9. The van der Waals surface area contributed by atoms with Gasteiger partial charge in [0.15, 0.2) is 31.3 Å². The zero-order valence-corrected chi connectivity index (χ0v) is 53.3. The predicted octanol–water partition coefficient (Wildman–Crippen LogP) is -0.804. The third-order valence-electron chi connectivity index (χ3n) is 23.6. The van der Waals surface area contributed by atoms with Crippen molar-refractivity contribution in [1.82, 2.24) is 0 Å². The highest BCUT2D eigenvalue weighted by Gasteiger charge is 2.74. The minimum atomic E-state index is -2.28. The molecule has 0 aromatic heterocycles. The molecule has 14 N–H and O–H groups in total. The SMILES string of the molecule is C/C=C(/C)C(=O)O[C@H]1[C@H](OC(=O)C(C)CC)[C@@]2(CO)C(CC1(C)C)C1=CCC3[C@@]4(C)CC[C@H](O[C@@H]5O[C@H](C(=O)O)[C@@H](O)[C@H](O[C@@H]6O[C@H](CO)[C@H](O)[C@H](O)[C@H]6O[C@@H]6OC[C@@H](O)[C@H](O)[C@H]6O)[C@H]5O[C@@H]5O[C@H](CO)[C@H](O)[C@H](O)[C@H]5O)C(C)(C)C4CC[C@@]3(C)[C@]1(C)C[C@H]2O. The highest BCUT2D eigenvalue weighted by atomic mass is 16.8. The topological polar surface area (TPSA) is 427 Å². The van der Waals surface area contributed by atoms with Gasteiger partial charge in [-0.1, -0.05) is 80.0 Å². The first-order chi connectivity index (χ1) is 42.1. The molecular weight excluding hydrogens is 1190 g/mol. The van der Waals surface area contributed by atoms with Crippen LogP contribution in [0.15, 0.2) is 23.3 Å². The van der Waals surface area contributed by atoms with Crippen molar-refractivity contribution in [3.8, 4) is 0 Å². The number of hydrogen-bond donors (Lipinski definition) is 14. The lowest BCUT2D eigenvalue weighted by atomic mass is 9.33. The highest BCUT2D eigenvalue weighted by Crippen LogP contribution is 2.76. The summed E-state index contributed by atoms with van der Waals surface area (Å²) < 4.78 is 61.6. The average Bonchev–Trinajstić information content (AvgIpc) is 0.671. The molecule has 0 amide bonds. The van der Waals surface area contributed by atoms with Crippen LogP contribution in [-0.2, 0) is 61.8 Å². The maximum absolute atomic E-state index is 14.0. The number of allylic oxidation sites excluding steroid dienone is 3. The van der Waals surface area contributed by atoms with Gasteiger partial charge < -0.3 is 119 Å². The molecule has 4 unspecified atom stereocenters. The Morgan fingerprint density at radius 2 is 1.27 bits per heavy atom. The van der Waals surface area contributed by atoms with E-state index in [1.807, 2.05) is 34.6 Å². The molecule has 0 aromatic rings. The standard InChI is InChI=1S/C63H100O27/c1-12-26(3)52(79)89-49-50(90-53(80)27(4)13-2)63(25-66)29(20-58(49,5)6)28-14-15-34-60(9)18-17-36(59(7,8)33(60)16-19-61(34,10)62(28,11)21-35(63)68)84-57-48(88-55-43(75)40(72)38(70)31(22-64)82-55)45(44(76)46(86-57)51(77)78)85-56-47(41(73)39(71)32(23-65)83-56)87-54-42(74)37(69)30(67)24-81-54/h12,14,27,29-50,54-57,64-76H,13,15-25H2,1-11H3,(H,77,78)/b26-12-/t27?,29?,30-,31-,32-,33?,34?,35-,36+,37+,38+,39+,40+,41+,42-,43-,44+,45+,46+,47-,48-,49+,50+,54+,55+,56+,57-,60+,61-,62-,63+/m1/s1. The molecule has 0 spiro atoms. The predicted molar refractivity (Wildman–Crippen MR) is 308 cm³/mol. The van der Waals surface area contributed by atoms with Gasteiger partial charge in [0.05, 0.1) is 50.0 Å². The number of aliphatic hydroxyl groups is 13. The van der Waals surface area contributed by atoms with Crippen molar-refractivity contribution < 1.29 is 133 Å². The molecule has 0 bridgehead atoms. The Hall–Kier alpha value is -2.95. The fraction of sp³-hybridized carbons (Fsp3) is 0.889. The molecule has 4 heterocycles. The van der Waals surface area contributed by atoms with Gasteiger partial charge in [0.2, 0.25) is 0 Å². The first kappa shape index (κ1) is 71.3. The van der Waals surface area contributed by atoms with E-state index >= 15 is 0 Å². The molecule has 4 aliphatic heterocycles. The maximum atomic E-state index is 14.0. The summed E-state index contributed by atoms with van der Waals surface area (Å²) in [5, 5.41) is 156. The van der Waals surface area contributed by atoms with E-state index in [4.69, 9.17) is 47.4 Å². The molecule has 4 saturated heterocycles. The van der Waals surface area contributed by atoms with Crippen molar-refractivity contribution in [2.75, 3.05) is 26.4 Å². The second-order valence-corrected chi connectivity index (χ2v) is 29.2. The lowest BCUT2D eigenvalue weighted by Gasteiger charge is -2.72. The second-order valence-electron chi connectivity index (χ2n) is 29.2. The monoisotopic (exact) mass is 1290 g/mol. The molecule has 0 radical (unpaired) electrons. The molecule has 27 heteroatoms. The number of esters is 2. The smallest absolute Gasteiger partial charge is 0.335 e. The molecule has 9 aliphatic rings. The van der Waals surface area contributed by atoms with Gasteiger partial charge in [0, 0.05) is 11.0 Å². The number of aliphatic hydroxyl groups excluding tert-OH is 13. The normalized spacial score (nSPS) is 49.6. The molecule has 0 aromatic carbocycles. The minimum absolute atomic E-state index is 0.0343. The molecule has 8 fully saturated rings. The van der Waals surface area contributed by atoms with Crippen LogP contribution in [0.5, 0.6) is 0 Å². The summed E-state index contributed by atoms with van der Waals surface area (Å²) in [5.41, 5.74) is -3.35. The van der Waals surface area contributed by atoms with E-state index < -0.39 is 230 Å². The van der Waals surface area contributed by atoms with Gasteiger partial charge in [0.1, 0.15) is 97.7 Å². The van der Waals surface area contributed by atoms with Crippen LogP contribution in [-0.4, -0.2) is 257 Å². The number of hydrogen-bond acceptors (Lipinski definition) is 26. The van der Waals surface area contributed by atoms with E-state index in [0.717, 1.165) is 5.57 Å². The number of carboxylic acid groups (broad SMARTS) is 1. The summed E-state index contributed by atoms with van der Waals surface area (Å²) in [4.78, 5) is 40.9. The minimum Gasteiger partial charge on any atom is -0.479 e. The fourth-order valence-corrected chi connectivity index (χ4v) is 17.6. The van der Waals surface area contributed by atoms with Gasteiger partial charge in [0.25, 0.3) is 0 Å². The Bertz CT molecular complexity index is 2620. The number of carbonyl (C=O) groups excluding carboxylic acids is 2. The van der Waals surface area contributed by atoms with E-state index in [0.29, 0.717) is 50.5 Å². The highest BCUT2D eigenvalue weighted by molar-refractivity contribution is 5.87. The number of ether oxygens (including phenoxy) is 10. The van der Waals surface area contributed by atoms with Gasteiger partial charge in [-0.15, -0.1) is 0 Å². The number of fused-ring (bicyclic) bond motifs is 7. The first-order valence-electron chi connectivity index (χ1n) is 31.9. The summed E-state index contributed by atoms with van der Waals surface area (Å²) in [5.74, 6) is -4.08. The summed E-state index contributed by atoms with van der Waals surface area (Å²) in [6, 6.07) is 0. The molecule has 5 aliphatic carbocycles. The summed E-state index contributed by atoms with van der Waals surface area (Å²) in [6.07, 6.45) is -33.5. The van der Waals surface area contributed by atoms with Crippen LogP contribution < -0.4 is 0 Å². The van der Waals surface area contributed by atoms with Crippen LogP contribution in [0.25, 0.3) is 0 Å². The van der Waals surface area contributed by atoms with Crippen molar-refractivity contribution in [2.45, 2.75) is 269 Å². The molecular formula is C63H100O27. The Morgan fingerprint density at radius 1 is 0.667 bits per heavy atom. The van der Waals surface area contributed by atoms with E-state index in [2.05, 4.69) is 26.8 Å². The number of carboxylic acids is 1. The Kier molecular flexibility index (Phi) is 21.1. The van der Waals surface area contributed by atoms with E-state index in [1.165, 1.54) is 0 Å². The third kappa shape index (κ3) is 11.9. The van der Waals surface area contributed by atoms with Crippen molar-refractivity contribution in [1.29, 1.82) is 0 Å². The van der Waals surface area contributed by atoms with Gasteiger partial charge in [-0.3, -0.25) is 4.79 Å². The Labute approximate surface area is 524 Å². The van der Waals surface area contributed by atoms with Crippen LogP contribution in [0.3, 0.4) is 0 Å². The van der Waals surface area contributed by atoms with Gasteiger partial charge in [-0.2, -0.15) is 0 Å².